The van der Waals surface area contributed by atoms with E-state index in [-0.39, 0.29) is 25.4 Å². The summed E-state index contributed by atoms with van der Waals surface area (Å²) in [4.78, 5) is 35.7. The van der Waals surface area contributed by atoms with Crippen molar-refractivity contribution < 1.29 is 63.2 Å². The van der Waals surface area contributed by atoms with Crippen molar-refractivity contribution in [3.8, 4) is 0 Å². The molecule has 3 rings (SSSR count). The van der Waals surface area contributed by atoms with Crippen molar-refractivity contribution in [2.75, 3.05) is 19.8 Å². The predicted molar refractivity (Wildman–Crippen MR) is 126 cm³/mol. The molecule has 0 aromatic rings. The maximum Gasteiger partial charge on any atom is 0.309 e. The van der Waals surface area contributed by atoms with Gasteiger partial charge in [0.25, 0.3) is 0 Å². The van der Waals surface area contributed by atoms with Crippen molar-refractivity contribution in [1.82, 2.24) is 0 Å². The van der Waals surface area contributed by atoms with E-state index in [1.54, 1.807) is 0 Å². The van der Waals surface area contributed by atoms with Crippen molar-refractivity contribution >= 4 is 17.9 Å². The van der Waals surface area contributed by atoms with Crippen molar-refractivity contribution in [3.63, 3.8) is 0 Å². The molecule has 2 fully saturated rings. The lowest BCUT2D eigenvalue weighted by molar-refractivity contribution is -0.304. The molecule has 0 amide bonds. The molecule has 9 atom stereocenters. The minimum Gasteiger partial charge on any atom is -0.462 e. The van der Waals surface area contributed by atoms with E-state index >= 15 is 0 Å². The molecule has 13 heteroatoms. The van der Waals surface area contributed by atoms with E-state index in [9.17, 15) is 34.8 Å². The van der Waals surface area contributed by atoms with Crippen LogP contribution in [-0.2, 0) is 42.8 Å². The van der Waals surface area contributed by atoms with Crippen LogP contribution < -0.4 is 0 Å². The van der Waals surface area contributed by atoms with Gasteiger partial charge in [-0.15, -0.1) is 0 Å². The van der Waals surface area contributed by atoms with Gasteiger partial charge in [-0.05, 0) is 30.3 Å². The predicted octanol–water partition coefficient (Wildman–Crippen LogP) is -0.476. The summed E-state index contributed by atoms with van der Waals surface area (Å²) in [5.41, 5.74) is -1.00. The molecule has 0 radical (unpaired) electrons. The van der Waals surface area contributed by atoms with Gasteiger partial charge < -0.3 is 48.8 Å². The SMILES string of the molecule is CC(=O)OC1C(OCC2=COC(OC(=O)CC(C)C)C3C2CCC3(O)CO)OC(CO)C(O)C1OC(C)=O. The Morgan fingerprint density at radius 1 is 1.08 bits per heavy atom. The zero-order valence-electron chi connectivity index (χ0n) is 22.0. The number of rotatable bonds is 10. The summed E-state index contributed by atoms with van der Waals surface area (Å²) in [6, 6.07) is 0. The molecule has 9 unspecified atom stereocenters. The monoisotopic (exact) mass is 546 g/mol. The van der Waals surface area contributed by atoms with E-state index in [2.05, 4.69) is 0 Å². The molecular weight excluding hydrogens is 508 g/mol. The van der Waals surface area contributed by atoms with Gasteiger partial charge in [0, 0.05) is 20.3 Å². The van der Waals surface area contributed by atoms with Gasteiger partial charge in [0.05, 0.1) is 37.6 Å². The Kier molecular flexibility index (Phi) is 10.1. The summed E-state index contributed by atoms with van der Waals surface area (Å²) in [5.74, 6) is -3.09. The Hall–Kier alpha value is -2.29. The summed E-state index contributed by atoms with van der Waals surface area (Å²) >= 11 is 0. The van der Waals surface area contributed by atoms with Crippen molar-refractivity contribution in [3.05, 3.63) is 11.8 Å². The van der Waals surface area contributed by atoms with Gasteiger partial charge in [-0.2, -0.15) is 0 Å². The highest BCUT2D eigenvalue weighted by Gasteiger charge is 2.56. The molecule has 0 bridgehead atoms. The number of ether oxygens (including phenoxy) is 6. The average Bonchev–Trinajstić information content (AvgIpc) is 3.19. The summed E-state index contributed by atoms with van der Waals surface area (Å²) in [6.07, 6.45) is -5.69. The van der Waals surface area contributed by atoms with Crippen LogP contribution in [0.1, 0.15) is 47.0 Å². The zero-order valence-corrected chi connectivity index (χ0v) is 22.0. The number of carbonyl (C=O) groups excluding carboxylic acids is 3. The molecule has 2 heterocycles. The Balaban J connectivity index is 1.80. The molecule has 1 aliphatic carbocycles. The van der Waals surface area contributed by atoms with Gasteiger partial charge in [-0.3, -0.25) is 14.4 Å². The topological polar surface area (TPSA) is 188 Å². The minimum atomic E-state index is -1.55. The maximum atomic E-state index is 12.3. The molecule has 1 saturated carbocycles. The minimum absolute atomic E-state index is 0.0550. The van der Waals surface area contributed by atoms with Crippen LogP contribution in [-0.4, -0.2) is 101 Å². The van der Waals surface area contributed by atoms with Gasteiger partial charge in [-0.25, -0.2) is 0 Å². The number of fused-ring (bicyclic) bond motifs is 1. The largest absolute Gasteiger partial charge is 0.462 e. The number of esters is 3. The molecule has 3 aliphatic rings. The van der Waals surface area contributed by atoms with Crippen LogP contribution in [0.5, 0.6) is 0 Å². The van der Waals surface area contributed by atoms with Gasteiger partial charge in [-0.1, -0.05) is 13.8 Å². The smallest absolute Gasteiger partial charge is 0.309 e. The van der Waals surface area contributed by atoms with Crippen molar-refractivity contribution in [2.45, 2.75) is 89.6 Å². The Bertz CT molecular complexity index is 888. The van der Waals surface area contributed by atoms with Gasteiger partial charge in [0.15, 0.2) is 18.5 Å². The Morgan fingerprint density at radius 3 is 2.32 bits per heavy atom. The molecule has 1 saturated heterocycles. The highest BCUT2D eigenvalue weighted by molar-refractivity contribution is 5.69. The highest BCUT2D eigenvalue weighted by atomic mass is 16.7. The summed E-state index contributed by atoms with van der Waals surface area (Å²) in [7, 11) is 0. The van der Waals surface area contributed by atoms with Crippen LogP contribution in [0, 0.1) is 17.8 Å². The Morgan fingerprint density at radius 2 is 1.74 bits per heavy atom. The second-order valence-electron chi connectivity index (χ2n) is 10.4. The summed E-state index contributed by atoms with van der Waals surface area (Å²) < 4.78 is 33.2. The molecule has 0 aromatic carbocycles. The first kappa shape index (κ1) is 30.3. The fourth-order valence-corrected chi connectivity index (χ4v) is 5.25. The number of aliphatic hydroxyl groups is 4. The summed E-state index contributed by atoms with van der Waals surface area (Å²) in [6.45, 7) is 4.61. The van der Waals surface area contributed by atoms with Gasteiger partial charge >= 0.3 is 17.9 Å². The third-order valence-corrected chi connectivity index (χ3v) is 6.98. The first-order valence-corrected chi connectivity index (χ1v) is 12.7. The summed E-state index contributed by atoms with van der Waals surface area (Å²) in [5, 5.41) is 41.2. The van der Waals surface area contributed by atoms with E-state index in [1.165, 1.54) is 6.26 Å². The number of hydrogen-bond acceptors (Lipinski definition) is 13. The van der Waals surface area contributed by atoms with Crippen LogP contribution in [0.15, 0.2) is 11.8 Å². The third-order valence-electron chi connectivity index (χ3n) is 6.98. The van der Waals surface area contributed by atoms with E-state index < -0.39 is 85.6 Å². The zero-order chi connectivity index (χ0) is 28.2. The van der Waals surface area contributed by atoms with Crippen molar-refractivity contribution in [1.29, 1.82) is 0 Å². The van der Waals surface area contributed by atoms with Crippen LogP contribution in [0.3, 0.4) is 0 Å². The lowest BCUT2D eigenvalue weighted by atomic mass is 9.81. The lowest BCUT2D eigenvalue weighted by Crippen LogP contribution is -2.61. The molecule has 13 nitrogen and oxygen atoms in total. The first-order chi connectivity index (χ1) is 17.9. The normalized spacial score (nSPS) is 36.6. The standard InChI is InChI=1S/C25H38O13/c1-12(2)7-18(30)38-23-19-16(5-6-25(19,32)11-27)15(9-33-23)10-34-24-22(36-14(4)29)21(35-13(3)28)20(31)17(8-26)37-24/h9,12,16-17,19-24,26-27,31-32H,5-8,10-11H2,1-4H3. The third kappa shape index (κ3) is 6.82. The van der Waals surface area contributed by atoms with E-state index in [1.807, 2.05) is 13.8 Å². The Labute approximate surface area is 220 Å². The van der Waals surface area contributed by atoms with Gasteiger partial charge in [0.2, 0.25) is 6.29 Å². The molecule has 4 N–H and O–H groups in total. The van der Waals surface area contributed by atoms with E-state index in [0.29, 0.717) is 12.0 Å². The van der Waals surface area contributed by atoms with Crippen LogP contribution in [0.25, 0.3) is 0 Å². The van der Waals surface area contributed by atoms with Crippen LogP contribution in [0.4, 0.5) is 0 Å². The van der Waals surface area contributed by atoms with Crippen LogP contribution in [0.2, 0.25) is 0 Å². The molecule has 2 aliphatic heterocycles. The average molecular weight is 547 g/mol. The maximum absolute atomic E-state index is 12.3. The number of aliphatic hydroxyl groups excluding tert-OH is 3. The fraction of sp³-hybridized carbons (Fsp3) is 0.800. The molecule has 38 heavy (non-hydrogen) atoms. The fourth-order valence-electron chi connectivity index (χ4n) is 5.25. The second-order valence-corrected chi connectivity index (χ2v) is 10.4. The highest BCUT2D eigenvalue weighted by Crippen LogP contribution is 2.49. The molecule has 0 spiro atoms. The first-order valence-electron chi connectivity index (χ1n) is 12.7. The number of hydrogen-bond donors (Lipinski definition) is 4. The molecular formula is C25H38O13. The molecule has 216 valence electrons. The second kappa shape index (κ2) is 12.7. The molecule has 0 aromatic heterocycles. The number of carbonyl (C=O) groups is 3. The van der Waals surface area contributed by atoms with Crippen molar-refractivity contribution in [2.24, 2.45) is 17.8 Å². The van der Waals surface area contributed by atoms with E-state index in [0.717, 1.165) is 13.8 Å². The van der Waals surface area contributed by atoms with Crippen LogP contribution >= 0.6 is 0 Å². The van der Waals surface area contributed by atoms with E-state index in [4.69, 9.17) is 28.4 Å². The lowest BCUT2D eigenvalue weighted by Gasteiger charge is -2.43. The quantitative estimate of drug-likeness (QED) is 0.203. The van der Waals surface area contributed by atoms with Gasteiger partial charge in [0.1, 0.15) is 12.2 Å².